The number of benzene rings is 2. The van der Waals surface area contributed by atoms with Gasteiger partial charge in [-0.1, -0.05) is 11.6 Å². The molecule has 4 nitrogen and oxygen atoms in total. The van der Waals surface area contributed by atoms with Gasteiger partial charge in [0, 0.05) is 15.1 Å². The molecule has 0 bridgehead atoms. The molecule has 0 atom stereocenters. The van der Waals surface area contributed by atoms with E-state index in [4.69, 9.17) is 21.1 Å². The Balaban J connectivity index is 1.84. The number of ether oxygens (including phenoxy) is 2. The topological polar surface area (TPSA) is 47.6 Å². The van der Waals surface area contributed by atoms with Gasteiger partial charge < -0.3 is 14.8 Å². The molecule has 2 aromatic rings. The van der Waals surface area contributed by atoms with Crippen LogP contribution in [0.25, 0.3) is 0 Å². The number of halogens is 2. The van der Waals surface area contributed by atoms with E-state index in [1.54, 1.807) is 36.4 Å². The number of rotatable bonds is 2. The lowest BCUT2D eigenvalue weighted by Gasteiger charge is -2.08. The molecule has 1 aliphatic rings. The highest BCUT2D eigenvalue weighted by molar-refractivity contribution is 9.10. The first-order valence-electron chi connectivity index (χ1n) is 5.79. The van der Waals surface area contributed by atoms with Crippen LogP contribution in [0.4, 0.5) is 5.69 Å². The third kappa shape index (κ3) is 2.59. The zero-order chi connectivity index (χ0) is 14.1. The van der Waals surface area contributed by atoms with Crippen LogP contribution >= 0.6 is 27.5 Å². The second-order valence-electron chi connectivity index (χ2n) is 4.15. The first-order valence-corrected chi connectivity index (χ1v) is 6.96. The van der Waals surface area contributed by atoms with E-state index in [0.717, 1.165) is 4.47 Å². The molecule has 0 spiro atoms. The van der Waals surface area contributed by atoms with Crippen molar-refractivity contribution in [3.05, 3.63) is 51.5 Å². The summed E-state index contributed by atoms with van der Waals surface area (Å²) in [5.74, 6) is 0.972. The van der Waals surface area contributed by atoms with E-state index in [0.29, 0.717) is 27.8 Å². The van der Waals surface area contributed by atoms with E-state index in [9.17, 15) is 4.79 Å². The quantitative estimate of drug-likeness (QED) is 0.884. The van der Waals surface area contributed by atoms with Gasteiger partial charge in [-0.2, -0.15) is 0 Å². The second kappa shape index (κ2) is 5.34. The monoisotopic (exact) mass is 353 g/mol. The predicted octanol–water partition coefficient (Wildman–Crippen LogP) is 4.08. The van der Waals surface area contributed by atoms with Gasteiger partial charge in [0.2, 0.25) is 6.79 Å². The highest BCUT2D eigenvalue weighted by Gasteiger charge is 2.16. The molecule has 6 heteroatoms. The fraction of sp³-hybridized carbons (Fsp3) is 0.0714. The third-order valence-electron chi connectivity index (χ3n) is 2.81. The highest BCUT2D eigenvalue weighted by Crippen LogP contribution is 2.33. The van der Waals surface area contributed by atoms with Crippen LogP contribution in [0, 0.1) is 0 Å². The number of hydrogen-bond donors (Lipinski definition) is 1. The molecule has 0 radical (unpaired) electrons. The standard InChI is InChI=1S/C14H9BrClNO3/c15-10-3-2-9(16)6-11(10)17-14(18)8-1-4-12-13(5-8)20-7-19-12/h1-6H,7H2,(H,17,18). The summed E-state index contributed by atoms with van der Waals surface area (Å²) in [5, 5.41) is 3.34. The maximum absolute atomic E-state index is 12.2. The van der Waals surface area contributed by atoms with Gasteiger partial charge in [-0.3, -0.25) is 4.79 Å². The molecule has 0 saturated heterocycles. The fourth-order valence-corrected chi connectivity index (χ4v) is 2.34. The average Bonchev–Trinajstić information content (AvgIpc) is 2.90. The number of carbonyl (C=O) groups excluding carboxylic acids is 1. The van der Waals surface area contributed by atoms with Crippen molar-refractivity contribution in [1.29, 1.82) is 0 Å². The average molecular weight is 355 g/mol. The van der Waals surface area contributed by atoms with Crippen molar-refractivity contribution in [3.8, 4) is 11.5 Å². The highest BCUT2D eigenvalue weighted by atomic mass is 79.9. The minimum Gasteiger partial charge on any atom is -0.454 e. The van der Waals surface area contributed by atoms with E-state index in [1.165, 1.54) is 0 Å². The summed E-state index contributed by atoms with van der Waals surface area (Å²) in [4.78, 5) is 12.2. The molecule has 0 saturated carbocycles. The van der Waals surface area contributed by atoms with Crippen LogP contribution in [-0.2, 0) is 0 Å². The minimum absolute atomic E-state index is 0.181. The summed E-state index contributed by atoms with van der Waals surface area (Å²) in [6.07, 6.45) is 0. The molecule has 0 unspecified atom stereocenters. The Morgan fingerprint density at radius 3 is 2.80 bits per heavy atom. The molecule has 0 aliphatic carbocycles. The zero-order valence-electron chi connectivity index (χ0n) is 10.2. The van der Waals surface area contributed by atoms with Crippen molar-refractivity contribution in [2.75, 3.05) is 12.1 Å². The second-order valence-corrected chi connectivity index (χ2v) is 5.44. The van der Waals surface area contributed by atoms with E-state index in [2.05, 4.69) is 21.2 Å². The van der Waals surface area contributed by atoms with Crippen molar-refractivity contribution in [1.82, 2.24) is 0 Å². The van der Waals surface area contributed by atoms with E-state index in [1.807, 2.05) is 0 Å². The van der Waals surface area contributed by atoms with Crippen LogP contribution in [0.2, 0.25) is 5.02 Å². The van der Waals surface area contributed by atoms with E-state index < -0.39 is 0 Å². The van der Waals surface area contributed by atoms with Gasteiger partial charge in [-0.05, 0) is 52.3 Å². The predicted molar refractivity (Wildman–Crippen MR) is 79.7 cm³/mol. The summed E-state index contributed by atoms with van der Waals surface area (Å²) in [5.41, 5.74) is 1.10. The maximum atomic E-state index is 12.2. The number of fused-ring (bicyclic) bond motifs is 1. The largest absolute Gasteiger partial charge is 0.454 e. The van der Waals surface area contributed by atoms with Gasteiger partial charge in [0.05, 0.1) is 5.69 Å². The minimum atomic E-state index is -0.244. The number of carbonyl (C=O) groups is 1. The number of hydrogen-bond acceptors (Lipinski definition) is 3. The molecule has 20 heavy (non-hydrogen) atoms. The van der Waals surface area contributed by atoms with Crippen molar-refractivity contribution < 1.29 is 14.3 Å². The molecule has 1 aliphatic heterocycles. The number of nitrogens with one attached hydrogen (secondary N) is 1. The van der Waals surface area contributed by atoms with Crippen LogP contribution in [0.3, 0.4) is 0 Å². The van der Waals surface area contributed by atoms with Crippen molar-refractivity contribution in [3.63, 3.8) is 0 Å². The molecule has 2 aromatic carbocycles. The Morgan fingerprint density at radius 1 is 1.15 bits per heavy atom. The van der Waals surface area contributed by atoms with Gasteiger partial charge in [0.15, 0.2) is 11.5 Å². The van der Waals surface area contributed by atoms with Crippen LogP contribution in [0.15, 0.2) is 40.9 Å². The first kappa shape index (κ1) is 13.3. The van der Waals surface area contributed by atoms with Crippen molar-refractivity contribution in [2.24, 2.45) is 0 Å². The molecule has 1 amide bonds. The molecular weight excluding hydrogens is 346 g/mol. The zero-order valence-corrected chi connectivity index (χ0v) is 12.5. The Kier molecular flexibility index (Phi) is 3.54. The molecule has 1 heterocycles. The number of amides is 1. The lowest BCUT2D eigenvalue weighted by molar-refractivity contribution is 0.102. The number of anilines is 1. The molecule has 0 fully saturated rings. The van der Waals surface area contributed by atoms with Gasteiger partial charge in [0.1, 0.15) is 0 Å². The van der Waals surface area contributed by atoms with Crippen LogP contribution < -0.4 is 14.8 Å². The summed E-state index contributed by atoms with van der Waals surface area (Å²) in [7, 11) is 0. The summed E-state index contributed by atoms with van der Waals surface area (Å²) in [6, 6.07) is 10.2. The lowest BCUT2D eigenvalue weighted by Crippen LogP contribution is -2.12. The smallest absolute Gasteiger partial charge is 0.255 e. The lowest BCUT2D eigenvalue weighted by atomic mass is 10.2. The summed E-state index contributed by atoms with van der Waals surface area (Å²) >= 11 is 9.28. The Hall–Kier alpha value is -1.72. The van der Waals surface area contributed by atoms with Gasteiger partial charge in [0.25, 0.3) is 5.91 Å². The van der Waals surface area contributed by atoms with E-state index in [-0.39, 0.29) is 12.7 Å². The van der Waals surface area contributed by atoms with Crippen molar-refractivity contribution in [2.45, 2.75) is 0 Å². The van der Waals surface area contributed by atoms with Gasteiger partial charge in [-0.15, -0.1) is 0 Å². The normalized spacial score (nSPS) is 12.3. The molecular formula is C14H9BrClNO3. The third-order valence-corrected chi connectivity index (χ3v) is 3.74. The van der Waals surface area contributed by atoms with Crippen LogP contribution in [0.5, 0.6) is 11.5 Å². The van der Waals surface area contributed by atoms with Crippen LogP contribution in [-0.4, -0.2) is 12.7 Å². The van der Waals surface area contributed by atoms with Crippen molar-refractivity contribution >= 4 is 39.1 Å². The van der Waals surface area contributed by atoms with Crippen LogP contribution in [0.1, 0.15) is 10.4 Å². The molecule has 3 rings (SSSR count). The molecule has 1 N–H and O–H groups in total. The Bertz CT molecular complexity index is 690. The van der Waals surface area contributed by atoms with E-state index >= 15 is 0 Å². The Labute approximate surface area is 128 Å². The SMILES string of the molecule is O=C(Nc1cc(Cl)ccc1Br)c1ccc2c(c1)OCO2. The van der Waals surface area contributed by atoms with Gasteiger partial charge in [-0.25, -0.2) is 0 Å². The van der Waals surface area contributed by atoms with Gasteiger partial charge >= 0.3 is 0 Å². The molecule has 102 valence electrons. The molecule has 0 aromatic heterocycles. The summed E-state index contributed by atoms with van der Waals surface area (Å²) in [6.45, 7) is 0.181. The first-order chi connectivity index (χ1) is 9.63. The maximum Gasteiger partial charge on any atom is 0.255 e. The summed E-state index contributed by atoms with van der Waals surface area (Å²) < 4.78 is 11.2. The Morgan fingerprint density at radius 2 is 1.95 bits per heavy atom. The fourth-order valence-electron chi connectivity index (χ4n) is 1.83.